The van der Waals surface area contributed by atoms with Gasteiger partial charge in [0.2, 0.25) is 5.75 Å². The number of amides is 1. The number of rotatable bonds is 9. The first kappa shape index (κ1) is 23.9. The third kappa shape index (κ3) is 5.54. The Kier molecular flexibility index (Phi) is 8.39. The van der Waals surface area contributed by atoms with E-state index in [4.69, 9.17) is 14.2 Å². The minimum absolute atomic E-state index is 0.00647. The van der Waals surface area contributed by atoms with Gasteiger partial charge in [-0.1, -0.05) is 30.3 Å². The number of benzene rings is 2. The van der Waals surface area contributed by atoms with E-state index in [2.05, 4.69) is 43.0 Å². The van der Waals surface area contributed by atoms with Crippen LogP contribution in [0.1, 0.15) is 50.5 Å². The van der Waals surface area contributed by atoms with Crippen LogP contribution >= 0.6 is 0 Å². The van der Waals surface area contributed by atoms with Crippen molar-refractivity contribution in [3.8, 4) is 17.2 Å². The van der Waals surface area contributed by atoms with Crippen LogP contribution in [-0.4, -0.2) is 60.7 Å². The average Bonchev–Trinajstić information content (AvgIpc) is 2.78. The fourth-order valence-electron chi connectivity index (χ4n) is 4.32. The van der Waals surface area contributed by atoms with Gasteiger partial charge >= 0.3 is 0 Å². The molecule has 2 unspecified atom stereocenters. The number of piperazine rings is 1. The van der Waals surface area contributed by atoms with Crippen molar-refractivity contribution in [2.75, 3.05) is 32.9 Å². The van der Waals surface area contributed by atoms with Gasteiger partial charge in [-0.25, -0.2) is 0 Å². The number of carbonyl (C=O) groups is 1. The molecule has 2 atom stereocenters. The van der Waals surface area contributed by atoms with Gasteiger partial charge in [0.05, 0.1) is 19.8 Å². The van der Waals surface area contributed by atoms with E-state index in [1.165, 1.54) is 5.56 Å². The standard InChI is InChI=1S/C26H36N2O4/c1-6-30-23-14-22(15-24(31-7-2)25(23)32-8-3)26(29)27-16-19(4)28(20(5)17-27)18-21-12-10-9-11-13-21/h9-15,19-20H,6-8,16-18H2,1-5H3. The molecular weight excluding hydrogens is 404 g/mol. The van der Waals surface area contributed by atoms with Crippen molar-refractivity contribution in [2.24, 2.45) is 0 Å². The van der Waals surface area contributed by atoms with Gasteiger partial charge in [-0.3, -0.25) is 9.69 Å². The second kappa shape index (κ2) is 11.2. The molecule has 1 amide bonds. The largest absolute Gasteiger partial charge is 0.490 e. The molecule has 0 spiro atoms. The van der Waals surface area contributed by atoms with E-state index in [9.17, 15) is 4.79 Å². The van der Waals surface area contributed by atoms with Crippen LogP contribution in [0, 0.1) is 0 Å². The van der Waals surface area contributed by atoms with Gasteiger partial charge in [-0.2, -0.15) is 0 Å². The summed E-state index contributed by atoms with van der Waals surface area (Å²) < 4.78 is 17.4. The van der Waals surface area contributed by atoms with E-state index in [1.54, 1.807) is 12.1 Å². The van der Waals surface area contributed by atoms with Crippen LogP contribution in [0.2, 0.25) is 0 Å². The summed E-state index contributed by atoms with van der Waals surface area (Å²) in [5.41, 5.74) is 1.86. The van der Waals surface area contributed by atoms with Crippen LogP contribution in [-0.2, 0) is 6.54 Å². The first-order chi connectivity index (χ1) is 15.5. The van der Waals surface area contributed by atoms with Crippen LogP contribution in [0.5, 0.6) is 17.2 Å². The minimum Gasteiger partial charge on any atom is -0.490 e. The fourth-order valence-corrected chi connectivity index (χ4v) is 4.32. The molecule has 1 aliphatic rings. The van der Waals surface area contributed by atoms with Gasteiger partial charge in [0, 0.05) is 37.3 Å². The van der Waals surface area contributed by atoms with E-state index in [1.807, 2.05) is 31.7 Å². The zero-order valence-corrected chi connectivity index (χ0v) is 20.0. The maximum Gasteiger partial charge on any atom is 0.254 e. The average molecular weight is 441 g/mol. The van der Waals surface area contributed by atoms with Crippen molar-refractivity contribution in [2.45, 2.75) is 53.2 Å². The first-order valence-corrected chi connectivity index (χ1v) is 11.6. The van der Waals surface area contributed by atoms with Crippen LogP contribution in [0.25, 0.3) is 0 Å². The van der Waals surface area contributed by atoms with E-state index in [0.29, 0.717) is 55.7 Å². The van der Waals surface area contributed by atoms with E-state index in [-0.39, 0.29) is 18.0 Å². The molecule has 0 radical (unpaired) electrons. The molecule has 6 heteroatoms. The highest BCUT2D eigenvalue weighted by Gasteiger charge is 2.33. The number of nitrogens with zero attached hydrogens (tertiary/aromatic N) is 2. The summed E-state index contributed by atoms with van der Waals surface area (Å²) in [6.45, 7) is 13.8. The van der Waals surface area contributed by atoms with Crippen molar-refractivity contribution in [3.05, 3.63) is 53.6 Å². The normalized spacial score (nSPS) is 19.0. The number of carbonyl (C=O) groups excluding carboxylic acids is 1. The van der Waals surface area contributed by atoms with Gasteiger partial charge in [0.1, 0.15) is 0 Å². The topological polar surface area (TPSA) is 51.2 Å². The summed E-state index contributed by atoms with van der Waals surface area (Å²) >= 11 is 0. The van der Waals surface area contributed by atoms with Crippen LogP contribution in [0.4, 0.5) is 0 Å². The Hall–Kier alpha value is -2.73. The number of hydrogen-bond donors (Lipinski definition) is 0. The van der Waals surface area contributed by atoms with Crippen molar-refractivity contribution in [1.29, 1.82) is 0 Å². The first-order valence-electron chi connectivity index (χ1n) is 11.6. The molecule has 1 heterocycles. The van der Waals surface area contributed by atoms with Gasteiger partial charge < -0.3 is 19.1 Å². The molecule has 2 aromatic carbocycles. The molecule has 174 valence electrons. The van der Waals surface area contributed by atoms with Crippen molar-refractivity contribution >= 4 is 5.91 Å². The monoisotopic (exact) mass is 440 g/mol. The van der Waals surface area contributed by atoms with Crippen molar-refractivity contribution < 1.29 is 19.0 Å². The molecule has 0 aromatic heterocycles. The van der Waals surface area contributed by atoms with Crippen molar-refractivity contribution in [1.82, 2.24) is 9.80 Å². The minimum atomic E-state index is -0.00647. The highest BCUT2D eigenvalue weighted by Crippen LogP contribution is 2.39. The Morgan fingerprint density at radius 2 is 1.41 bits per heavy atom. The summed E-state index contributed by atoms with van der Waals surface area (Å²) in [5.74, 6) is 1.65. The molecule has 1 fully saturated rings. The molecule has 0 N–H and O–H groups in total. The van der Waals surface area contributed by atoms with Crippen molar-refractivity contribution in [3.63, 3.8) is 0 Å². The summed E-state index contributed by atoms with van der Waals surface area (Å²) in [5, 5.41) is 0. The zero-order chi connectivity index (χ0) is 23.1. The highest BCUT2D eigenvalue weighted by atomic mass is 16.5. The third-order valence-electron chi connectivity index (χ3n) is 5.75. The third-order valence-corrected chi connectivity index (χ3v) is 5.75. The molecule has 3 rings (SSSR count). The fraction of sp³-hybridized carbons (Fsp3) is 0.500. The Balaban J connectivity index is 1.81. The number of ether oxygens (including phenoxy) is 3. The zero-order valence-electron chi connectivity index (χ0n) is 20.0. The Labute approximate surface area is 192 Å². The summed E-state index contributed by atoms with van der Waals surface area (Å²) in [6, 6.07) is 14.6. The summed E-state index contributed by atoms with van der Waals surface area (Å²) in [6.07, 6.45) is 0. The maximum atomic E-state index is 13.5. The van der Waals surface area contributed by atoms with Crippen LogP contribution in [0.15, 0.2) is 42.5 Å². The van der Waals surface area contributed by atoms with Gasteiger partial charge in [0.25, 0.3) is 5.91 Å². The van der Waals surface area contributed by atoms with Crippen LogP contribution < -0.4 is 14.2 Å². The van der Waals surface area contributed by atoms with Gasteiger partial charge in [-0.05, 0) is 52.3 Å². The maximum absolute atomic E-state index is 13.5. The van der Waals surface area contributed by atoms with Gasteiger partial charge in [-0.15, -0.1) is 0 Å². The Morgan fingerprint density at radius 3 is 1.91 bits per heavy atom. The molecular formula is C26H36N2O4. The van der Waals surface area contributed by atoms with Gasteiger partial charge in [0.15, 0.2) is 11.5 Å². The molecule has 1 aliphatic heterocycles. The SMILES string of the molecule is CCOc1cc(C(=O)N2CC(C)N(Cc3ccccc3)C(C)C2)cc(OCC)c1OCC. The molecule has 0 bridgehead atoms. The Morgan fingerprint density at radius 1 is 0.875 bits per heavy atom. The molecule has 0 saturated carbocycles. The predicted molar refractivity (Wildman–Crippen MR) is 127 cm³/mol. The lowest BCUT2D eigenvalue weighted by molar-refractivity contribution is 0.0269. The molecule has 1 saturated heterocycles. The summed E-state index contributed by atoms with van der Waals surface area (Å²) in [7, 11) is 0. The summed E-state index contributed by atoms with van der Waals surface area (Å²) in [4.78, 5) is 17.9. The Bertz CT molecular complexity index is 848. The predicted octanol–water partition coefficient (Wildman–Crippen LogP) is 4.62. The second-order valence-electron chi connectivity index (χ2n) is 8.17. The van der Waals surface area contributed by atoms with E-state index >= 15 is 0 Å². The molecule has 32 heavy (non-hydrogen) atoms. The quantitative estimate of drug-likeness (QED) is 0.570. The lowest BCUT2D eigenvalue weighted by Gasteiger charge is -2.44. The lowest BCUT2D eigenvalue weighted by Crippen LogP contribution is -2.57. The van der Waals surface area contributed by atoms with E-state index in [0.717, 1.165) is 6.54 Å². The number of hydrogen-bond acceptors (Lipinski definition) is 5. The van der Waals surface area contributed by atoms with E-state index < -0.39 is 0 Å². The molecule has 0 aliphatic carbocycles. The second-order valence-corrected chi connectivity index (χ2v) is 8.17. The van der Waals surface area contributed by atoms with Crippen LogP contribution in [0.3, 0.4) is 0 Å². The molecule has 6 nitrogen and oxygen atoms in total. The molecule has 2 aromatic rings. The smallest absolute Gasteiger partial charge is 0.254 e. The highest BCUT2D eigenvalue weighted by molar-refractivity contribution is 5.95. The lowest BCUT2D eigenvalue weighted by atomic mass is 10.0.